The highest BCUT2D eigenvalue weighted by Crippen LogP contribution is 2.46. The van der Waals surface area contributed by atoms with Crippen molar-refractivity contribution >= 4 is 50.3 Å². The average Bonchev–Trinajstić information content (AvgIpc) is 3.96. The number of anilines is 1. The number of nitrogens with one attached hydrogen (secondary N) is 3. The van der Waals surface area contributed by atoms with Crippen LogP contribution in [0.2, 0.25) is 0 Å². The van der Waals surface area contributed by atoms with Gasteiger partial charge in [0.15, 0.2) is 5.13 Å². The van der Waals surface area contributed by atoms with Crippen molar-refractivity contribution in [3.8, 4) is 11.3 Å². The van der Waals surface area contributed by atoms with E-state index in [1.54, 1.807) is 29.6 Å². The van der Waals surface area contributed by atoms with Crippen LogP contribution in [0.4, 0.5) is 18.7 Å². The number of amides is 4. The first kappa shape index (κ1) is 38.0. The lowest BCUT2D eigenvalue weighted by Crippen LogP contribution is -2.57. The molecule has 2 aliphatic carbocycles. The number of hydrogen-bond acceptors (Lipinski definition) is 10. The summed E-state index contributed by atoms with van der Waals surface area (Å²) in [6.07, 6.45) is 6.41. The van der Waals surface area contributed by atoms with Crippen molar-refractivity contribution in [2.24, 2.45) is 5.92 Å². The van der Waals surface area contributed by atoms with Gasteiger partial charge >= 0.3 is 6.09 Å². The normalized spacial score (nSPS) is 27.2. The average molecular weight is 809 g/mol. The number of thiazole rings is 1. The largest absolute Gasteiger partial charge is 0.444 e. The van der Waals surface area contributed by atoms with E-state index in [0.29, 0.717) is 59.6 Å². The van der Waals surface area contributed by atoms with E-state index in [-0.39, 0.29) is 32.5 Å². The minimum Gasteiger partial charge on any atom is -0.444 e. The lowest BCUT2D eigenvalue weighted by Gasteiger charge is -2.29. The maximum absolute atomic E-state index is 14.6. The number of nitrogens with zero attached hydrogens (tertiary/aromatic N) is 3. The van der Waals surface area contributed by atoms with E-state index in [0.717, 1.165) is 12.8 Å². The molecule has 0 radical (unpaired) electrons. The van der Waals surface area contributed by atoms with E-state index >= 15 is 0 Å². The van der Waals surface area contributed by atoms with Crippen LogP contribution >= 0.6 is 11.3 Å². The minimum absolute atomic E-state index is 0.00778. The highest BCUT2D eigenvalue weighted by Gasteiger charge is 2.62. The summed E-state index contributed by atoms with van der Waals surface area (Å²) in [7, 11) is -3.92. The van der Waals surface area contributed by atoms with Crippen LogP contribution in [0.25, 0.3) is 11.3 Å². The molecule has 0 bridgehead atoms. The molecule has 56 heavy (non-hydrogen) atoms. The van der Waals surface area contributed by atoms with Gasteiger partial charge in [0.05, 0.1) is 24.0 Å². The van der Waals surface area contributed by atoms with Crippen LogP contribution in [-0.2, 0) is 42.2 Å². The first-order chi connectivity index (χ1) is 26.9. The van der Waals surface area contributed by atoms with E-state index in [1.165, 1.54) is 39.3 Å². The summed E-state index contributed by atoms with van der Waals surface area (Å²) in [6, 6.07) is 8.63. The third-order valence-electron chi connectivity index (χ3n) is 11.2. The molecule has 3 aliphatic heterocycles. The first-order valence-electron chi connectivity index (χ1n) is 19.0. The number of carbonyl (C=O) groups is 4. The molecule has 1 aromatic heterocycles. The first-order valence-corrected chi connectivity index (χ1v) is 21.4. The van der Waals surface area contributed by atoms with Crippen LogP contribution in [0, 0.1) is 17.6 Å². The molecule has 5 atom stereocenters. The third-order valence-corrected chi connectivity index (χ3v) is 13.8. The minimum atomic E-state index is -3.92. The summed E-state index contributed by atoms with van der Waals surface area (Å²) >= 11 is 1.25. The Labute approximate surface area is 326 Å². The number of ether oxygens (including phenoxy) is 1. The topological polar surface area (TPSA) is 167 Å². The van der Waals surface area contributed by atoms with Gasteiger partial charge in [0.2, 0.25) is 21.8 Å². The number of hydrogen-bond donors (Lipinski definition) is 3. The molecular weight excluding hydrogens is 767 g/mol. The molecule has 4 amide bonds. The molecule has 2 saturated carbocycles. The highest BCUT2D eigenvalue weighted by molar-refractivity contribution is 7.91. The standard InChI is InChI=1S/C39H42F2N6O7S2/c40-26-11-6-8-23(16-26)32-22-55-37(43-32)42-31-13-5-3-1-2-4-10-25-18-39(25,36(50)45-56(52,53)28-14-15-28)44-34(48)33-17-27(20-47(33)35(31)49)54-38(51)46-19-24-9-7-12-30(41)29(24)21-46/h4,6-12,16,22,25,27-28,31,33H,1-3,5,13-15,17-21H2,(H,42,43)(H,44,48)(H,45,50)/b10-4-/t25-,27+,31-,33-,39-/m0/s1. The van der Waals surface area contributed by atoms with Gasteiger partial charge in [-0.25, -0.2) is 27.0 Å². The molecule has 3 N–H and O–H groups in total. The molecule has 2 aromatic carbocycles. The number of fused-ring (bicyclic) bond motifs is 3. The Kier molecular flexibility index (Phi) is 10.3. The fourth-order valence-corrected chi connectivity index (χ4v) is 9.98. The van der Waals surface area contributed by atoms with Crippen molar-refractivity contribution in [3.05, 3.63) is 82.8 Å². The molecular formula is C39H42F2N6O7S2. The third kappa shape index (κ3) is 7.88. The van der Waals surface area contributed by atoms with E-state index < -0.39 is 80.4 Å². The van der Waals surface area contributed by atoms with E-state index in [9.17, 15) is 36.4 Å². The molecule has 1 saturated heterocycles. The zero-order valence-electron chi connectivity index (χ0n) is 30.4. The van der Waals surface area contributed by atoms with E-state index in [2.05, 4.69) is 20.3 Å². The van der Waals surface area contributed by atoms with Crippen LogP contribution in [0.15, 0.2) is 60.0 Å². The smallest absolute Gasteiger partial charge is 0.410 e. The van der Waals surface area contributed by atoms with Gasteiger partial charge in [0.1, 0.15) is 35.4 Å². The number of halogens is 2. The maximum atomic E-state index is 14.6. The Morgan fingerprint density at radius 1 is 1.04 bits per heavy atom. The van der Waals surface area contributed by atoms with E-state index in [1.807, 2.05) is 12.2 Å². The monoisotopic (exact) mass is 808 g/mol. The molecule has 8 rings (SSSR count). The summed E-state index contributed by atoms with van der Waals surface area (Å²) in [4.78, 5) is 63.5. The Balaban J connectivity index is 1.06. The van der Waals surface area contributed by atoms with Crippen LogP contribution in [0.3, 0.4) is 0 Å². The van der Waals surface area contributed by atoms with Gasteiger partial charge < -0.3 is 20.3 Å². The summed E-state index contributed by atoms with van der Waals surface area (Å²) in [6.45, 7) is 0.00769. The number of carbonyl (C=O) groups excluding carboxylic acids is 4. The molecule has 3 fully saturated rings. The van der Waals surface area contributed by atoms with Crippen molar-refractivity contribution in [1.82, 2.24) is 24.8 Å². The number of allylic oxidation sites excluding steroid dienone is 1. The van der Waals surface area contributed by atoms with Crippen molar-refractivity contribution in [2.45, 2.75) is 99.9 Å². The summed E-state index contributed by atoms with van der Waals surface area (Å²) in [5, 5.41) is 7.60. The van der Waals surface area contributed by atoms with Gasteiger partial charge in [-0.2, -0.15) is 0 Å². The number of aromatic nitrogens is 1. The lowest BCUT2D eigenvalue weighted by molar-refractivity contribution is -0.140. The summed E-state index contributed by atoms with van der Waals surface area (Å²) in [5.41, 5.74) is 0.606. The second-order valence-corrected chi connectivity index (χ2v) is 18.1. The highest BCUT2D eigenvalue weighted by atomic mass is 32.2. The summed E-state index contributed by atoms with van der Waals surface area (Å²) in [5.74, 6) is -3.25. The van der Waals surface area contributed by atoms with Gasteiger partial charge in [-0.05, 0) is 62.3 Å². The zero-order chi connectivity index (χ0) is 39.2. The second-order valence-electron chi connectivity index (χ2n) is 15.2. The van der Waals surface area contributed by atoms with Crippen LogP contribution in [0.1, 0.15) is 68.9 Å². The predicted molar refractivity (Wildman–Crippen MR) is 202 cm³/mol. The lowest BCUT2D eigenvalue weighted by atomic mass is 10.1. The van der Waals surface area contributed by atoms with Crippen molar-refractivity contribution in [2.75, 3.05) is 11.9 Å². The molecule has 4 heterocycles. The van der Waals surface area contributed by atoms with Gasteiger partial charge in [-0.15, -0.1) is 11.3 Å². The number of rotatable bonds is 7. The van der Waals surface area contributed by atoms with Crippen LogP contribution in [-0.4, -0.2) is 82.5 Å². The molecule has 17 heteroatoms. The molecule has 3 aromatic rings. The van der Waals surface area contributed by atoms with E-state index in [4.69, 9.17) is 4.74 Å². The molecule has 0 spiro atoms. The molecule has 5 aliphatic rings. The van der Waals surface area contributed by atoms with Crippen molar-refractivity contribution in [3.63, 3.8) is 0 Å². The Hall–Kier alpha value is -4.90. The van der Waals surface area contributed by atoms with Gasteiger partial charge in [0, 0.05) is 35.4 Å². The SMILES string of the molecule is O=C1N[C@@]2(C(=O)NS(=O)(=O)C3CC3)C[C@@H]2/C=C\CCCCC[C@H](Nc2nc(-c3cccc(F)c3)cs2)C(=O)N2C[C@H](OC(=O)N3Cc4cccc(F)c4C3)C[C@@H]12. The Morgan fingerprint density at radius 3 is 2.64 bits per heavy atom. The predicted octanol–water partition coefficient (Wildman–Crippen LogP) is 4.99. The molecule has 296 valence electrons. The summed E-state index contributed by atoms with van der Waals surface area (Å²) < 4.78 is 62.2. The number of benzene rings is 2. The van der Waals surface area contributed by atoms with Crippen LogP contribution < -0.4 is 15.4 Å². The molecule has 0 unspecified atom stereocenters. The quantitative estimate of drug-likeness (QED) is 0.279. The maximum Gasteiger partial charge on any atom is 0.410 e. The number of sulfonamides is 1. The Morgan fingerprint density at radius 2 is 1.86 bits per heavy atom. The van der Waals surface area contributed by atoms with Gasteiger partial charge in [0.25, 0.3) is 5.91 Å². The van der Waals surface area contributed by atoms with Crippen molar-refractivity contribution in [1.29, 1.82) is 0 Å². The molecule has 13 nitrogen and oxygen atoms in total. The fourth-order valence-electron chi connectivity index (χ4n) is 7.84. The van der Waals surface area contributed by atoms with Gasteiger partial charge in [-0.3, -0.25) is 24.0 Å². The van der Waals surface area contributed by atoms with Crippen molar-refractivity contribution < 1.29 is 41.1 Å². The second kappa shape index (κ2) is 15.2. The van der Waals surface area contributed by atoms with Gasteiger partial charge in [-0.1, -0.05) is 49.3 Å². The Bertz CT molecular complexity index is 2200. The zero-order valence-corrected chi connectivity index (χ0v) is 32.1. The fraction of sp³-hybridized carbons (Fsp3) is 0.462. The van der Waals surface area contributed by atoms with Crippen LogP contribution in [0.5, 0.6) is 0 Å².